The van der Waals surface area contributed by atoms with E-state index in [0.717, 1.165) is 30.4 Å². The fourth-order valence-electron chi connectivity index (χ4n) is 3.41. The van der Waals surface area contributed by atoms with Crippen LogP contribution in [0.3, 0.4) is 0 Å². The van der Waals surface area contributed by atoms with Crippen molar-refractivity contribution in [3.63, 3.8) is 0 Å². The van der Waals surface area contributed by atoms with Crippen molar-refractivity contribution >= 4 is 39.1 Å². The Morgan fingerprint density at radius 3 is 2.55 bits per heavy atom. The molecule has 0 aliphatic carbocycles. The lowest BCUT2D eigenvalue weighted by Crippen LogP contribution is -2.34. The van der Waals surface area contributed by atoms with Gasteiger partial charge in [0.05, 0.1) is 10.5 Å². The standard InChI is InChI=1S/C21H21BrN2O5/c1-14-3-2-10-23(12-14)18-9-6-16(11-19(18)24(27)28)21(26)29-13-20(25)15-4-7-17(22)8-5-15/h4-9,11,14H,2-3,10,12-13H2,1H3. The topological polar surface area (TPSA) is 89.8 Å². The Balaban J connectivity index is 1.72. The van der Waals surface area contributed by atoms with Gasteiger partial charge in [-0.3, -0.25) is 14.9 Å². The molecule has 1 atom stereocenters. The lowest BCUT2D eigenvalue weighted by molar-refractivity contribution is -0.384. The quantitative estimate of drug-likeness (QED) is 0.270. The van der Waals surface area contributed by atoms with Gasteiger partial charge in [-0.25, -0.2) is 4.79 Å². The summed E-state index contributed by atoms with van der Waals surface area (Å²) >= 11 is 3.29. The van der Waals surface area contributed by atoms with E-state index in [1.807, 2.05) is 4.90 Å². The van der Waals surface area contributed by atoms with Crippen molar-refractivity contribution in [2.24, 2.45) is 5.92 Å². The summed E-state index contributed by atoms with van der Waals surface area (Å²) in [5, 5.41) is 11.6. The minimum atomic E-state index is -0.767. The second kappa shape index (κ2) is 9.17. The highest BCUT2D eigenvalue weighted by molar-refractivity contribution is 9.10. The first-order valence-electron chi connectivity index (χ1n) is 9.34. The number of ether oxygens (including phenoxy) is 1. The van der Waals surface area contributed by atoms with E-state index < -0.39 is 17.5 Å². The Kier molecular flexibility index (Phi) is 6.64. The summed E-state index contributed by atoms with van der Waals surface area (Å²) in [6.45, 7) is 3.18. The number of piperidine rings is 1. The molecule has 1 aliphatic heterocycles. The normalized spacial score (nSPS) is 16.3. The van der Waals surface area contributed by atoms with Crippen LogP contribution in [-0.4, -0.2) is 36.4 Å². The van der Waals surface area contributed by atoms with Gasteiger partial charge in [0.15, 0.2) is 12.4 Å². The molecule has 0 bridgehead atoms. The molecule has 0 radical (unpaired) electrons. The number of ketones is 1. The molecule has 0 spiro atoms. The fourth-order valence-corrected chi connectivity index (χ4v) is 3.67. The van der Waals surface area contributed by atoms with Crippen LogP contribution < -0.4 is 4.90 Å². The number of nitro benzene ring substituents is 1. The highest BCUT2D eigenvalue weighted by atomic mass is 79.9. The van der Waals surface area contributed by atoms with Crippen LogP contribution in [0.2, 0.25) is 0 Å². The van der Waals surface area contributed by atoms with E-state index in [4.69, 9.17) is 4.74 Å². The second-order valence-corrected chi connectivity index (χ2v) is 8.08. The van der Waals surface area contributed by atoms with Crippen molar-refractivity contribution in [1.82, 2.24) is 0 Å². The van der Waals surface area contributed by atoms with Gasteiger partial charge in [-0.15, -0.1) is 0 Å². The number of rotatable bonds is 6. The highest BCUT2D eigenvalue weighted by Gasteiger charge is 2.25. The van der Waals surface area contributed by atoms with Crippen molar-refractivity contribution in [2.75, 3.05) is 24.6 Å². The Morgan fingerprint density at radius 2 is 1.90 bits per heavy atom. The molecule has 7 nitrogen and oxygen atoms in total. The SMILES string of the molecule is CC1CCCN(c2ccc(C(=O)OCC(=O)c3ccc(Br)cc3)cc2[N+](=O)[O-])C1. The molecule has 2 aromatic carbocycles. The van der Waals surface area contributed by atoms with Crippen LogP contribution in [0.1, 0.15) is 40.5 Å². The summed E-state index contributed by atoms with van der Waals surface area (Å²) in [6.07, 6.45) is 2.07. The third-order valence-corrected chi connectivity index (χ3v) is 5.43. The maximum Gasteiger partial charge on any atom is 0.338 e. The van der Waals surface area contributed by atoms with Gasteiger partial charge < -0.3 is 9.64 Å². The van der Waals surface area contributed by atoms with Crippen LogP contribution in [0.5, 0.6) is 0 Å². The summed E-state index contributed by atoms with van der Waals surface area (Å²) in [6, 6.07) is 11.0. The molecule has 0 N–H and O–H groups in total. The molecule has 8 heteroatoms. The minimum Gasteiger partial charge on any atom is -0.454 e. The molecule has 1 heterocycles. The van der Waals surface area contributed by atoms with E-state index in [2.05, 4.69) is 22.9 Å². The van der Waals surface area contributed by atoms with E-state index in [0.29, 0.717) is 17.2 Å². The number of nitrogens with zero attached hydrogens (tertiary/aromatic N) is 2. The zero-order chi connectivity index (χ0) is 21.0. The lowest BCUT2D eigenvalue weighted by Gasteiger charge is -2.32. The smallest absolute Gasteiger partial charge is 0.338 e. The van der Waals surface area contributed by atoms with Crippen molar-refractivity contribution in [2.45, 2.75) is 19.8 Å². The predicted octanol–water partition coefficient (Wildman–Crippen LogP) is 4.63. The third-order valence-electron chi connectivity index (χ3n) is 4.91. The Labute approximate surface area is 176 Å². The van der Waals surface area contributed by atoms with Crippen LogP contribution in [0.25, 0.3) is 0 Å². The maximum atomic E-state index is 12.3. The third kappa shape index (κ3) is 5.20. The largest absolute Gasteiger partial charge is 0.454 e. The average molecular weight is 461 g/mol. The fraction of sp³-hybridized carbons (Fsp3) is 0.333. The molecule has 1 unspecified atom stereocenters. The molecule has 1 saturated heterocycles. The number of hydrogen-bond donors (Lipinski definition) is 0. The molecule has 1 aliphatic rings. The van der Waals surface area contributed by atoms with Crippen molar-refractivity contribution in [3.8, 4) is 0 Å². The molecule has 0 saturated carbocycles. The van der Waals surface area contributed by atoms with Crippen LogP contribution >= 0.6 is 15.9 Å². The van der Waals surface area contributed by atoms with Gasteiger partial charge in [0, 0.05) is 29.2 Å². The number of nitro groups is 1. The monoisotopic (exact) mass is 460 g/mol. The lowest BCUT2D eigenvalue weighted by atomic mass is 9.99. The number of hydrogen-bond acceptors (Lipinski definition) is 6. The molecular formula is C21H21BrN2O5. The van der Waals surface area contributed by atoms with Crippen LogP contribution in [-0.2, 0) is 4.74 Å². The van der Waals surface area contributed by atoms with Gasteiger partial charge in [-0.1, -0.05) is 35.0 Å². The van der Waals surface area contributed by atoms with E-state index in [1.165, 1.54) is 12.1 Å². The molecular weight excluding hydrogens is 440 g/mol. The number of esters is 1. The zero-order valence-electron chi connectivity index (χ0n) is 16.0. The number of carbonyl (C=O) groups is 2. The first kappa shape index (κ1) is 21.0. The number of Topliss-reactive ketones (excluding diaryl/α,β-unsaturated/α-hetero) is 1. The number of carbonyl (C=O) groups excluding carboxylic acids is 2. The van der Waals surface area contributed by atoms with E-state index in [1.54, 1.807) is 30.3 Å². The van der Waals surface area contributed by atoms with Crippen molar-refractivity contribution in [1.29, 1.82) is 0 Å². The summed E-state index contributed by atoms with van der Waals surface area (Å²) in [5.74, 6) is -0.658. The first-order valence-corrected chi connectivity index (χ1v) is 10.1. The number of anilines is 1. The Hall–Kier alpha value is -2.74. The van der Waals surface area contributed by atoms with Crippen LogP contribution in [0, 0.1) is 16.0 Å². The van der Waals surface area contributed by atoms with Crippen LogP contribution in [0.4, 0.5) is 11.4 Å². The van der Waals surface area contributed by atoms with E-state index >= 15 is 0 Å². The summed E-state index contributed by atoms with van der Waals surface area (Å²) in [7, 11) is 0. The molecule has 29 heavy (non-hydrogen) atoms. The number of halogens is 1. The Morgan fingerprint density at radius 1 is 1.21 bits per heavy atom. The summed E-state index contributed by atoms with van der Waals surface area (Å²) < 4.78 is 5.91. The average Bonchev–Trinajstić information content (AvgIpc) is 2.71. The van der Waals surface area contributed by atoms with Gasteiger partial charge in [-0.05, 0) is 43.0 Å². The Bertz CT molecular complexity index is 929. The van der Waals surface area contributed by atoms with Crippen molar-refractivity contribution in [3.05, 3.63) is 68.2 Å². The van der Waals surface area contributed by atoms with E-state index in [-0.39, 0.29) is 17.0 Å². The second-order valence-electron chi connectivity index (χ2n) is 7.16. The van der Waals surface area contributed by atoms with Gasteiger partial charge in [0.25, 0.3) is 5.69 Å². The van der Waals surface area contributed by atoms with Crippen LogP contribution in [0.15, 0.2) is 46.9 Å². The molecule has 1 fully saturated rings. The van der Waals surface area contributed by atoms with Gasteiger partial charge in [0.2, 0.25) is 0 Å². The first-order chi connectivity index (χ1) is 13.8. The molecule has 0 aromatic heterocycles. The van der Waals surface area contributed by atoms with Gasteiger partial charge in [-0.2, -0.15) is 0 Å². The maximum absolute atomic E-state index is 12.3. The van der Waals surface area contributed by atoms with Gasteiger partial charge >= 0.3 is 5.97 Å². The molecule has 0 amide bonds. The zero-order valence-corrected chi connectivity index (χ0v) is 17.6. The molecule has 2 aromatic rings. The molecule has 3 rings (SSSR count). The number of benzene rings is 2. The summed E-state index contributed by atoms with van der Waals surface area (Å²) in [4.78, 5) is 37.5. The highest BCUT2D eigenvalue weighted by Crippen LogP contribution is 2.32. The predicted molar refractivity (Wildman–Crippen MR) is 112 cm³/mol. The van der Waals surface area contributed by atoms with Crippen molar-refractivity contribution < 1.29 is 19.2 Å². The summed E-state index contributed by atoms with van der Waals surface area (Å²) in [5.41, 5.74) is 0.840. The minimum absolute atomic E-state index is 0.0501. The van der Waals surface area contributed by atoms with E-state index in [9.17, 15) is 19.7 Å². The van der Waals surface area contributed by atoms with Gasteiger partial charge in [0.1, 0.15) is 5.69 Å². The molecule has 152 valence electrons.